The molecule has 1 aliphatic carbocycles. The zero-order valence-corrected chi connectivity index (χ0v) is 18.2. The van der Waals surface area contributed by atoms with E-state index in [0.717, 1.165) is 19.3 Å². The summed E-state index contributed by atoms with van der Waals surface area (Å²) in [5.74, 6) is 0.536. The Morgan fingerprint density at radius 2 is 1.97 bits per heavy atom. The van der Waals surface area contributed by atoms with Gasteiger partial charge in [0.15, 0.2) is 0 Å². The Balaban J connectivity index is 1.82. The number of pyridine rings is 1. The highest BCUT2D eigenvalue weighted by atomic mass is 32.2. The number of fused-ring (bicyclic) bond motifs is 1. The fourth-order valence-corrected chi connectivity index (χ4v) is 5.06. The Labute approximate surface area is 184 Å². The van der Waals surface area contributed by atoms with Crippen molar-refractivity contribution in [1.29, 1.82) is 5.26 Å². The number of benzene rings is 1. The summed E-state index contributed by atoms with van der Waals surface area (Å²) in [4.78, 5) is 4.41. The summed E-state index contributed by atoms with van der Waals surface area (Å²) in [6, 6.07) is 8.72. The quantitative estimate of drug-likeness (QED) is 0.550. The van der Waals surface area contributed by atoms with Crippen LogP contribution in [0.2, 0.25) is 0 Å². The maximum absolute atomic E-state index is 12.8. The molecule has 32 heavy (non-hydrogen) atoms. The topological polar surface area (TPSA) is 97.0 Å². The first-order chi connectivity index (χ1) is 15.4. The highest BCUT2D eigenvalue weighted by Gasteiger charge is 2.29. The monoisotopic (exact) mass is 460 g/mol. The van der Waals surface area contributed by atoms with Crippen molar-refractivity contribution in [2.45, 2.75) is 36.2 Å². The van der Waals surface area contributed by atoms with Crippen molar-refractivity contribution in [3.05, 3.63) is 42.1 Å². The van der Waals surface area contributed by atoms with E-state index in [1.165, 1.54) is 19.2 Å². The van der Waals surface area contributed by atoms with Crippen LogP contribution in [0.15, 0.2) is 41.4 Å². The standard InChI is InChI=1S/C22H22F2N4O3S/c1-31-17-9-19-20(12-25)21(28(16-3-2-4-16)22(19)26-13-17)14-5-7-18(8-6-14)32(29,30)27-15(10-23)11-24/h5-9,13,15-16,27H,2-4,10-11H2,1H3. The molecule has 3 aromatic rings. The van der Waals surface area contributed by atoms with Gasteiger partial charge >= 0.3 is 0 Å². The molecule has 0 amide bonds. The zero-order valence-electron chi connectivity index (χ0n) is 17.4. The lowest BCUT2D eigenvalue weighted by atomic mass is 9.92. The molecule has 0 spiro atoms. The summed E-state index contributed by atoms with van der Waals surface area (Å²) >= 11 is 0. The van der Waals surface area contributed by atoms with Gasteiger partial charge < -0.3 is 9.30 Å². The minimum absolute atomic E-state index is 0.113. The molecule has 7 nitrogen and oxygen atoms in total. The van der Waals surface area contributed by atoms with E-state index in [-0.39, 0.29) is 10.9 Å². The van der Waals surface area contributed by atoms with Gasteiger partial charge in [-0.2, -0.15) is 5.26 Å². The maximum Gasteiger partial charge on any atom is 0.240 e. The molecule has 2 heterocycles. The second-order valence-corrected chi connectivity index (χ2v) is 9.40. The maximum atomic E-state index is 12.8. The first-order valence-corrected chi connectivity index (χ1v) is 11.6. The summed E-state index contributed by atoms with van der Waals surface area (Å²) < 4.78 is 59.8. The molecular weight excluding hydrogens is 438 g/mol. The van der Waals surface area contributed by atoms with Gasteiger partial charge in [0.1, 0.15) is 30.8 Å². The second kappa shape index (κ2) is 8.84. The van der Waals surface area contributed by atoms with E-state index >= 15 is 0 Å². The lowest BCUT2D eigenvalue weighted by Crippen LogP contribution is -2.37. The molecule has 2 aromatic heterocycles. The molecule has 1 saturated carbocycles. The van der Waals surface area contributed by atoms with Crippen molar-refractivity contribution in [2.75, 3.05) is 20.5 Å². The van der Waals surface area contributed by atoms with Crippen LogP contribution in [0.4, 0.5) is 8.78 Å². The molecule has 0 saturated heterocycles. The SMILES string of the molecule is COc1cnc2c(c1)c(C#N)c(-c1ccc(S(=O)(=O)NC(CF)CF)cc1)n2C1CCC1. The van der Waals surface area contributed by atoms with Crippen LogP contribution in [0.5, 0.6) is 5.75 Å². The zero-order chi connectivity index (χ0) is 22.9. The second-order valence-electron chi connectivity index (χ2n) is 7.69. The van der Waals surface area contributed by atoms with E-state index in [2.05, 4.69) is 11.1 Å². The van der Waals surface area contributed by atoms with Gasteiger partial charge in [0.25, 0.3) is 0 Å². The van der Waals surface area contributed by atoms with Crippen LogP contribution in [0.3, 0.4) is 0 Å². The third kappa shape index (κ3) is 3.82. The number of nitrogens with one attached hydrogen (secondary N) is 1. The Kier molecular flexibility index (Phi) is 6.13. The molecule has 1 aliphatic rings. The highest BCUT2D eigenvalue weighted by Crippen LogP contribution is 2.42. The molecule has 1 N–H and O–H groups in total. The number of halogens is 2. The van der Waals surface area contributed by atoms with E-state index < -0.39 is 29.4 Å². The van der Waals surface area contributed by atoms with Gasteiger partial charge in [-0.1, -0.05) is 12.1 Å². The molecule has 0 radical (unpaired) electrons. The van der Waals surface area contributed by atoms with Crippen LogP contribution in [0.25, 0.3) is 22.3 Å². The van der Waals surface area contributed by atoms with E-state index in [4.69, 9.17) is 4.74 Å². The van der Waals surface area contributed by atoms with Gasteiger partial charge in [-0.05, 0) is 43.0 Å². The van der Waals surface area contributed by atoms with Crippen LogP contribution in [0.1, 0.15) is 30.9 Å². The lowest BCUT2D eigenvalue weighted by molar-refractivity contribution is 0.322. The molecule has 4 rings (SSSR count). The van der Waals surface area contributed by atoms with Gasteiger partial charge in [-0.25, -0.2) is 26.9 Å². The summed E-state index contributed by atoms with van der Waals surface area (Å²) in [5, 5.41) is 10.6. The third-order valence-corrected chi connectivity index (χ3v) is 7.27. The summed E-state index contributed by atoms with van der Waals surface area (Å²) in [5.41, 5.74) is 2.42. The van der Waals surface area contributed by atoms with Gasteiger partial charge in [0, 0.05) is 11.4 Å². The van der Waals surface area contributed by atoms with Gasteiger partial charge in [-0.15, -0.1) is 0 Å². The average molecular weight is 461 g/mol. The highest BCUT2D eigenvalue weighted by molar-refractivity contribution is 7.89. The lowest BCUT2D eigenvalue weighted by Gasteiger charge is -2.29. The van der Waals surface area contributed by atoms with E-state index in [1.807, 2.05) is 9.29 Å². The van der Waals surface area contributed by atoms with Crippen molar-refractivity contribution < 1.29 is 21.9 Å². The Morgan fingerprint density at radius 3 is 2.50 bits per heavy atom. The summed E-state index contributed by atoms with van der Waals surface area (Å²) in [6.45, 7) is -2.28. The van der Waals surface area contributed by atoms with Crippen LogP contribution in [0, 0.1) is 11.3 Å². The number of aromatic nitrogens is 2. The van der Waals surface area contributed by atoms with Crippen molar-refractivity contribution >= 4 is 21.1 Å². The van der Waals surface area contributed by atoms with E-state index in [9.17, 15) is 22.5 Å². The summed E-state index contributed by atoms with van der Waals surface area (Å²) in [6.07, 6.45) is 4.60. The van der Waals surface area contributed by atoms with Crippen molar-refractivity contribution in [2.24, 2.45) is 0 Å². The summed E-state index contributed by atoms with van der Waals surface area (Å²) in [7, 11) is -2.55. The van der Waals surface area contributed by atoms with E-state index in [0.29, 0.717) is 33.6 Å². The minimum atomic E-state index is -4.08. The fourth-order valence-electron chi connectivity index (χ4n) is 3.86. The van der Waals surface area contributed by atoms with Crippen LogP contribution >= 0.6 is 0 Å². The smallest absolute Gasteiger partial charge is 0.240 e. The predicted molar refractivity (Wildman–Crippen MR) is 115 cm³/mol. The Morgan fingerprint density at radius 1 is 1.28 bits per heavy atom. The van der Waals surface area contributed by atoms with Crippen LogP contribution in [-0.4, -0.2) is 44.5 Å². The Hall–Kier alpha value is -3.03. The number of nitriles is 1. The van der Waals surface area contributed by atoms with Gasteiger partial charge in [0.05, 0.1) is 35.5 Å². The molecule has 10 heteroatoms. The number of methoxy groups -OCH3 is 1. The van der Waals surface area contributed by atoms with Crippen LogP contribution < -0.4 is 9.46 Å². The van der Waals surface area contributed by atoms with Gasteiger partial charge in [-0.3, -0.25) is 0 Å². The molecule has 0 bridgehead atoms. The number of hydrogen-bond donors (Lipinski definition) is 1. The molecule has 0 atom stereocenters. The molecule has 0 aliphatic heterocycles. The van der Waals surface area contributed by atoms with Crippen molar-refractivity contribution in [3.63, 3.8) is 0 Å². The first-order valence-electron chi connectivity index (χ1n) is 10.2. The number of sulfonamides is 1. The van der Waals surface area contributed by atoms with Gasteiger partial charge in [0.2, 0.25) is 10.0 Å². The Bertz CT molecular complexity index is 1280. The normalized spacial score (nSPS) is 14.5. The number of hydrogen-bond acceptors (Lipinski definition) is 5. The van der Waals surface area contributed by atoms with Crippen molar-refractivity contribution in [3.8, 4) is 23.1 Å². The van der Waals surface area contributed by atoms with Crippen LogP contribution in [-0.2, 0) is 10.0 Å². The number of rotatable bonds is 8. The fraction of sp³-hybridized carbons (Fsp3) is 0.364. The number of ether oxygens (including phenoxy) is 1. The molecular formula is C22H22F2N4O3S. The average Bonchev–Trinajstić information content (AvgIpc) is 3.09. The van der Waals surface area contributed by atoms with E-state index in [1.54, 1.807) is 24.4 Å². The molecule has 1 aromatic carbocycles. The predicted octanol–water partition coefficient (Wildman–Crippen LogP) is 3.89. The largest absolute Gasteiger partial charge is 0.495 e. The third-order valence-electron chi connectivity index (χ3n) is 5.74. The minimum Gasteiger partial charge on any atom is -0.495 e. The van der Waals surface area contributed by atoms with Crippen molar-refractivity contribution in [1.82, 2.24) is 14.3 Å². The molecule has 0 unspecified atom stereocenters. The molecule has 168 valence electrons. The number of nitrogens with zero attached hydrogens (tertiary/aromatic N) is 3. The first kappa shape index (κ1) is 22.2. The molecule has 1 fully saturated rings. The number of alkyl halides is 2.